The number of fused-ring (bicyclic) bond motifs is 1. The highest BCUT2D eigenvalue weighted by atomic mass is 16.5. The molecular weight excluding hydrogens is 314 g/mol. The van der Waals surface area contributed by atoms with E-state index in [4.69, 9.17) is 9.47 Å². The number of nitrogens with one attached hydrogen (secondary N) is 1. The van der Waals surface area contributed by atoms with Crippen LogP contribution in [0.4, 0.5) is 0 Å². The summed E-state index contributed by atoms with van der Waals surface area (Å²) in [7, 11) is 1.66. The SMILES string of the molecule is CCCCOc1ccc(CN[C@@H]2c3ccccc3C[C@@H]2O)cc1OC. The van der Waals surface area contributed by atoms with Crippen molar-refractivity contribution in [2.24, 2.45) is 0 Å². The Hall–Kier alpha value is -2.04. The van der Waals surface area contributed by atoms with Crippen molar-refractivity contribution in [3.63, 3.8) is 0 Å². The van der Waals surface area contributed by atoms with Crippen molar-refractivity contribution in [3.8, 4) is 11.5 Å². The van der Waals surface area contributed by atoms with Crippen molar-refractivity contribution in [2.45, 2.75) is 44.9 Å². The summed E-state index contributed by atoms with van der Waals surface area (Å²) in [5.41, 5.74) is 3.53. The molecule has 2 aromatic carbocycles. The lowest BCUT2D eigenvalue weighted by Crippen LogP contribution is -2.28. The second-order valence-electron chi connectivity index (χ2n) is 6.52. The third-order valence-electron chi connectivity index (χ3n) is 4.71. The van der Waals surface area contributed by atoms with Crippen LogP contribution in [0.25, 0.3) is 0 Å². The summed E-state index contributed by atoms with van der Waals surface area (Å²) < 4.78 is 11.2. The first-order valence-corrected chi connectivity index (χ1v) is 9.02. The summed E-state index contributed by atoms with van der Waals surface area (Å²) in [5, 5.41) is 13.8. The van der Waals surface area contributed by atoms with Gasteiger partial charge in [-0.05, 0) is 35.2 Å². The number of rotatable bonds is 8. The Morgan fingerprint density at radius 1 is 1.16 bits per heavy atom. The molecular formula is C21H27NO3. The molecule has 0 aliphatic heterocycles. The molecule has 3 rings (SSSR count). The van der Waals surface area contributed by atoms with Crippen LogP contribution >= 0.6 is 0 Å². The maximum atomic E-state index is 10.3. The first-order chi connectivity index (χ1) is 12.2. The van der Waals surface area contributed by atoms with E-state index in [2.05, 4.69) is 24.4 Å². The van der Waals surface area contributed by atoms with E-state index in [1.165, 1.54) is 11.1 Å². The van der Waals surface area contributed by atoms with Gasteiger partial charge in [-0.15, -0.1) is 0 Å². The number of aliphatic hydroxyl groups is 1. The van der Waals surface area contributed by atoms with Crippen LogP contribution in [0.2, 0.25) is 0 Å². The van der Waals surface area contributed by atoms with Crippen molar-refractivity contribution >= 4 is 0 Å². The summed E-state index contributed by atoms with van der Waals surface area (Å²) in [6, 6.07) is 14.2. The summed E-state index contributed by atoms with van der Waals surface area (Å²) in [4.78, 5) is 0. The summed E-state index contributed by atoms with van der Waals surface area (Å²) in [6.07, 6.45) is 2.47. The number of hydrogen-bond donors (Lipinski definition) is 2. The Balaban J connectivity index is 1.65. The van der Waals surface area contributed by atoms with E-state index in [1.807, 2.05) is 30.3 Å². The zero-order valence-corrected chi connectivity index (χ0v) is 15.0. The highest BCUT2D eigenvalue weighted by Gasteiger charge is 2.30. The minimum absolute atomic E-state index is 0.0253. The molecule has 0 bridgehead atoms. The first kappa shape index (κ1) is 17.8. The van der Waals surface area contributed by atoms with Crippen LogP contribution in [0.5, 0.6) is 11.5 Å². The molecule has 2 N–H and O–H groups in total. The molecule has 0 saturated carbocycles. The summed E-state index contributed by atoms with van der Waals surface area (Å²) >= 11 is 0. The largest absolute Gasteiger partial charge is 0.493 e. The van der Waals surface area contributed by atoms with Crippen LogP contribution in [0.3, 0.4) is 0 Å². The van der Waals surface area contributed by atoms with Crippen LogP contribution < -0.4 is 14.8 Å². The molecule has 0 saturated heterocycles. The van der Waals surface area contributed by atoms with E-state index < -0.39 is 0 Å². The molecule has 0 aromatic heterocycles. The molecule has 1 aliphatic carbocycles. The van der Waals surface area contributed by atoms with Crippen LogP contribution in [0, 0.1) is 0 Å². The van der Waals surface area contributed by atoms with Gasteiger partial charge >= 0.3 is 0 Å². The molecule has 25 heavy (non-hydrogen) atoms. The molecule has 0 radical (unpaired) electrons. The molecule has 2 aromatic rings. The topological polar surface area (TPSA) is 50.7 Å². The number of ether oxygens (including phenoxy) is 2. The third-order valence-corrected chi connectivity index (χ3v) is 4.71. The zero-order chi connectivity index (χ0) is 17.6. The van der Waals surface area contributed by atoms with E-state index in [-0.39, 0.29) is 12.1 Å². The summed E-state index contributed by atoms with van der Waals surface area (Å²) in [5.74, 6) is 1.54. The predicted molar refractivity (Wildman–Crippen MR) is 99.1 cm³/mol. The maximum Gasteiger partial charge on any atom is 0.161 e. The van der Waals surface area contributed by atoms with E-state index in [0.29, 0.717) is 19.6 Å². The first-order valence-electron chi connectivity index (χ1n) is 9.02. The van der Waals surface area contributed by atoms with Crippen LogP contribution in [-0.2, 0) is 13.0 Å². The maximum absolute atomic E-state index is 10.3. The Bertz CT molecular complexity index is 701. The van der Waals surface area contributed by atoms with Crippen molar-refractivity contribution in [3.05, 3.63) is 59.2 Å². The summed E-state index contributed by atoms with van der Waals surface area (Å²) in [6.45, 7) is 3.52. The van der Waals surface area contributed by atoms with Crippen LogP contribution in [-0.4, -0.2) is 24.9 Å². The van der Waals surface area contributed by atoms with E-state index in [0.717, 1.165) is 29.9 Å². The van der Waals surface area contributed by atoms with E-state index >= 15 is 0 Å². The molecule has 0 fully saturated rings. The number of methoxy groups -OCH3 is 1. The van der Waals surface area contributed by atoms with Gasteiger partial charge in [-0.25, -0.2) is 0 Å². The molecule has 134 valence electrons. The minimum Gasteiger partial charge on any atom is -0.493 e. The van der Waals surface area contributed by atoms with Crippen molar-refractivity contribution in [2.75, 3.05) is 13.7 Å². The van der Waals surface area contributed by atoms with E-state index in [9.17, 15) is 5.11 Å². The number of aliphatic hydroxyl groups excluding tert-OH is 1. The lowest BCUT2D eigenvalue weighted by Gasteiger charge is -2.19. The van der Waals surface area contributed by atoms with Gasteiger partial charge in [0.1, 0.15) is 0 Å². The quantitative estimate of drug-likeness (QED) is 0.720. The second-order valence-corrected chi connectivity index (χ2v) is 6.52. The number of unbranched alkanes of at least 4 members (excludes halogenated alkanes) is 1. The normalized spacial score (nSPS) is 18.8. The number of hydrogen-bond acceptors (Lipinski definition) is 4. The molecule has 0 unspecified atom stereocenters. The van der Waals surface area contributed by atoms with Gasteiger partial charge in [0.2, 0.25) is 0 Å². The molecule has 4 nitrogen and oxygen atoms in total. The fourth-order valence-corrected chi connectivity index (χ4v) is 3.32. The standard InChI is InChI=1S/C21H27NO3/c1-3-4-11-25-19-10-9-15(12-20(19)24-2)14-22-21-17-8-6-5-7-16(17)13-18(21)23/h5-10,12,18,21-23H,3-4,11,13-14H2,1-2H3/t18-,21+/m0/s1. The minimum atomic E-state index is -0.379. The predicted octanol–water partition coefficient (Wildman–Crippen LogP) is 3.62. The van der Waals surface area contributed by atoms with Gasteiger partial charge in [-0.2, -0.15) is 0 Å². The molecule has 0 spiro atoms. The third kappa shape index (κ3) is 4.14. The van der Waals surface area contributed by atoms with Gasteiger partial charge < -0.3 is 19.9 Å². The van der Waals surface area contributed by atoms with Crippen molar-refractivity contribution in [1.29, 1.82) is 0 Å². The fourth-order valence-electron chi connectivity index (χ4n) is 3.32. The molecule has 0 amide bonds. The molecule has 2 atom stereocenters. The lowest BCUT2D eigenvalue weighted by molar-refractivity contribution is 0.140. The van der Waals surface area contributed by atoms with Crippen LogP contribution in [0.15, 0.2) is 42.5 Å². The monoisotopic (exact) mass is 341 g/mol. The Morgan fingerprint density at radius 3 is 2.80 bits per heavy atom. The zero-order valence-electron chi connectivity index (χ0n) is 15.0. The van der Waals surface area contributed by atoms with E-state index in [1.54, 1.807) is 7.11 Å². The van der Waals surface area contributed by atoms with Gasteiger partial charge in [0.15, 0.2) is 11.5 Å². The molecule has 0 heterocycles. The average Bonchev–Trinajstić information content (AvgIpc) is 2.96. The Morgan fingerprint density at radius 2 is 2.00 bits per heavy atom. The highest BCUT2D eigenvalue weighted by Crippen LogP contribution is 2.32. The molecule has 1 aliphatic rings. The van der Waals surface area contributed by atoms with Gasteiger partial charge in [0.05, 0.1) is 25.9 Å². The van der Waals surface area contributed by atoms with Crippen molar-refractivity contribution in [1.82, 2.24) is 5.32 Å². The molecule has 4 heteroatoms. The second kappa shape index (κ2) is 8.37. The van der Waals surface area contributed by atoms with Crippen molar-refractivity contribution < 1.29 is 14.6 Å². The van der Waals surface area contributed by atoms with Gasteiger partial charge in [-0.1, -0.05) is 43.7 Å². The Kier molecular flexibility index (Phi) is 5.95. The number of benzene rings is 2. The highest BCUT2D eigenvalue weighted by molar-refractivity contribution is 5.43. The Labute approximate surface area is 149 Å². The van der Waals surface area contributed by atoms with Gasteiger partial charge in [0, 0.05) is 13.0 Å². The average molecular weight is 341 g/mol. The fraction of sp³-hybridized carbons (Fsp3) is 0.429. The van der Waals surface area contributed by atoms with Gasteiger partial charge in [-0.3, -0.25) is 0 Å². The van der Waals surface area contributed by atoms with Crippen LogP contribution in [0.1, 0.15) is 42.5 Å². The lowest BCUT2D eigenvalue weighted by atomic mass is 10.1. The smallest absolute Gasteiger partial charge is 0.161 e. The van der Waals surface area contributed by atoms with Gasteiger partial charge in [0.25, 0.3) is 0 Å².